The van der Waals surface area contributed by atoms with E-state index in [0.29, 0.717) is 6.04 Å². The lowest BCUT2D eigenvalue weighted by atomic mass is 9.94. The molecule has 1 saturated heterocycles. The highest BCUT2D eigenvalue weighted by Crippen LogP contribution is 2.28. The summed E-state index contributed by atoms with van der Waals surface area (Å²) in [6.45, 7) is 5.99. The van der Waals surface area contributed by atoms with E-state index in [2.05, 4.69) is 47.5 Å². The molecule has 0 aromatic heterocycles. The number of piperidine rings is 1. The zero-order valence-electron chi connectivity index (χ0n) is 12.7. The lowest BCUT2D eigenvalue weighted by Crippen LogP contribution is -2.51. The first kappa shape index (κ1) is 14.1. The van der Waals surface area contributed by atoms with E-state index >= 15 is 0 Å². The summed E-state index contributed by atoms with van der Waals surface area (Å²) in [5, 5.41) is 3.78. The summed E-state index contributed by atoms with van der Waals surface area (Å²) in [5.74, 6) is 0.831. The van der Waals surface area contributed by atoms with Crippen LogP contribution >= 0.6 is 0 Å². The standard InChI is InChI=1S/C18H28N2/c1-15-11-17(19-12-16-7-3-2-4-8-16)14-20(13-15)18-9-5-6-10-18/h2-4,7-8,15,17-19H,5-6,9-14H2,1H3. The van der Waals surface area contributed by atoms with Crippen LogP contribution in [0.2, 0.25) is 0 Å². The Morgan fingerprint density at radius 2 is 1.85 bits per heavy atom. The van der Waals surface area contributed by atoms with E-state index in [9.17, 15) is 0 Å². The van der Waals surface area contributed by atoms with Crippen molar-refractivity contribution >= 4 is 0 Å². The Bertz CT molecular complexity index is 397. The van der Waals surface area contributed by atoms with Crippen molar-refractivity contribution in [3.8, 4) is 0 Å². The molecule has 20 heavy (non-hydrogen) atoms. The van der Waals surface area contributed by atoms with Crippen molar-refractivity contribution in [2.24, 2.45) is 5.92 Å². The molecule has 3 rings (SSSR count). The van der Waals surface area contributed by atoms with Crippen LogP contribution in [0.5, 0.6) is 0 Å². The van der Waals surface area contributed by atoms with Crippen molar-refractivity contribution in [2.45, 2.75) is 57.7 Å². The minimum atomic E-state index is 0.666. The van der Waals surface area contributed by atoms with Gasteiger partial charge in [-0.2, -0.15) is 0 Å². The van der Waals surface area contributed by atoms with Crippen LogP contribution < -0.4 is 5.32 Å². The Morgan fingerprint density at radius 3 is 2.60 bits per heavy atom. The van der Waals surface area contributed by atoms with Gasteiger partial charge in [-0.15, -0.1) is 0 Å². The van der Waals surface area contributed by atoms with E-state index in [1.807, 2.05) is 0 Å². The first-order valence-corrected chi connectivity index (χ1v) is 8.32. The summed E-state index contributed by atoms with van der Waals surface area (Å²) in [6, 6.07) is 12.3. The molecular formula is C18H28N2. The molecule has 2 heteroatoms. The fourth-order valence-corrected chi connectivity index (χ4v) is 3.97. The van der Waals surface area contributed by atoms with Crippen LogP contribution in [0.4, 0.5) is 0 Å². The Kier molecular flexibility index (Phi) is 4.74. The molecule has 2 atom stereocenters. The van der Waals surface area contributed by atoms with Gasteiger partial charge >= 0.3 is 0 Å². The highest BCUT2D eigenvalue weighted by Gasteiger charge is 2.30. The molecule has 1 aromatic rings. The van der Waals surface area contributed by atoms with Crippen LogP contribution in [0.25, 0.3) is 0 Å². The summed E-state index contributed by atoms with van der Waals surface area (Å²) < 4.78 is 0. The lowest BCUT2D eigenvalue weighted by Gasteiger charge is -2.40. The normalized spacial score (nSPS) is 28.9. The van der Waals surface area contributed by atoms with E-state index in [0.717, 1.165) is 18.5 Å². The molecule has 1 aromatic carbocycles. The number of nitrogens with zero attached hydrogens (tertiary/aromatic N) is 1. The van der Waals surface area contributed by atoms with Gasteiger partial charge in [-0.05, 0) is 30.7 Å². The van der Waals surface area contributed by atoms with Crippen LogP contribution in [-0.2, 0) is 6.54 Å². The van der Waals surface area contributed by atoms with E-state index < -0.39 is 0 Å². The summed E-state index contributed by atoms with van der Waals surface area (Å²) >= 11 is 0. The first-order chi connectivity index (χ1) is 9.81. The molecule has 0 bridgehead atoms. The van der Waals surface area contributed by atoms with E-state index in [1.54, 1.807) is 0 Å². The molecule has 1 saturated carbocycles. The van der Waals surface area contributed by atoms with Gasteiger partial charge in [-0.3, -0.25) is 4.90 Å². The average Bonchev–Trinajstić information content (AvgIpc) is 3.00. The Hall–Kier alpha value is -0.860. The summed E-state index contributed by atoms with van der Waals surface area (Å²) in [6.07, 6.45) is 7.07. The SMILES string of the molecule is CC1CC(NCc2ccccc2)CN(C2CCCC2)C1. The lowest BCUT2D eigenvalue weighted by molar-refractivity contribution is 0.105. The van der Waals surface area contributed by atoms with Crippen LogP contribution in [-0.4, -0.2) is 30.1 Å². The smallest absolute Gasteiger partial charge is 0.0208 e. The van der Waals surface area contributed by atoms with Gasteiger partial charge in [-0.25, -0.2) is 0 Å². The second-order valence-electron chi connectivity index (χ2n) is 6.80. The molecule has 2 nitrogen and oxygen atoms in total. The number of likely N-dealkylation sites (tertiary alicyclic amines) is 1. The highest BCUT2D eigenvalue weighted by molar-refractivity contribution is 5.14. The average molecular weight is 272 g/mol. The predicted octanol–water partition coefficient (Wildman–Crippen LogP) is 3.43. The van der Waals surface area contributed by atoms with Crippen LogP contribution in [0.3, 0.4) is 0 Å². The van der Waals surface area contributed by atoms with Gasteiger partial charge < -0.3 is 5.32 Å². The molecule has 0 spiro atoms. The minimum Gasteiger partial charge on any atom is -0.309 e. The summed E-state index contributed by atoms with van der Waals surface area (Å²) in [4.78, 5) is 2.77. The number of nitrogens with one attached hydrogen (secondary N) is 1. The van der Waals surface area contributed by atoms with Gasteiger partial charge in [0, 0.05) is 31.7 Å². The van der Waals surface area contributed by atoms with Crippen molar-refractivity contribution in [3.05, 3.63) is 35.9 Å². The molecule has 110 valence electrons. The van der Waals surface area contributed by atoms with Crippen LogP contribution in [0, 0.1) is 5.92 Å². The monoisotopic (exact) mass is 272 g/mol. The van der Waals surface area contributed by atoms with Gasteiger partial charge in [0.2, 0.25) is 0 Å². The molecule has 0 amide bonds. The molecule has 2 aliphatic rings. The summed E-state index contributed by atoms with van der Waals surface area (Å²) in [5.41, 5.74) is 1.40. The highest BCUT2D eigenvalue weighted by atomic mass is 15.2. The fraction of sp³-hybridized carbons (Fsp3) is 0.667. The third kappa shape index (κ3) is 3.62. The maximum Gasteiger partial charge on any atom is 0.0208 e. The molecule has 2 fully saturated rings. The Labute approximate surface area is 123 Å². The zero-order valence-corrected chi connectivity index (χ0v) is 12.7. The number of hydrogen-bond acceptors (Lipinski definition) is 2. The molecule has 1 aliphatic carbocycles. The number of rotatable bonds is 4. The molecular weight excluding hydrogens is 244 g/mol. The van der Waals surface area contributed by atoms with Crippen molar-refractivity contribution in [1.29, 1.82) is 0 Å². The van der Waals surface area contributed by atoms with Crippen molar-refractivity contribution in [3.63, 3.8) is 0 Å². The van der Waals surface area contributed by atoms with Crippen LogP contribution in [0.1, 0.15) is 44.6 Å². The maximum absolute atomic E-state index is 3.78. The fourth-order valence-electron chi connectivity index (χ4n) is 3.97. The third-order valence-corrected chi connectivity index (χ3v) is 4.97. The Morgan fingerprint density at radius 1 is 1.10 bits per heavy atom. The van der Waals surface area contributed by atoms with Gasteiger partial charge in [-0.1, -0.05) is 50.1 Å². The second kappa shape index (κ2) is 6.73. The molecule has 0 radical (unpaired) electrons. The van der Waals surface area contributed by atoms with Gasteiger partial charge in [0.1, 0.15) is 0 Å². The van der Waals surface area contributed by atoms with Gasteiger partial charge in [0.25, 0.3) is 0 Å². The number of hydrogen-bond donors (Lipinski definition) is 1. The Balaban J connectivity index is 1.53. The summed E-state index contributed by atoms with van der Waals surface area (Å²) in [7, 11) is 0. The second-order valence-corrected chi connectivity index (χ2v) is 6.80. The molecule has 1 heterocycles. The topological polar surface area (TPSA) is 15.3 Å². The van der Waals surface area contributed by atoms with E-state index in [-0.39, 0.29) is 0 Å². The molecule has 1 aliphatic heterocycles. The zero-order chi connectivity index (χ0) is 13.8. The third-order valence-electron chi connectivity index (χ3n) is 4.97. The van der Waals surface area contributed by atoms with Crippen molar-refractivity contribution < 1.29 is 0 Å². The first-order valence-electron chi connectivity index (χ1n) is 8.32. The molecule has 2 unspecified atom stereocenters. The van der Waals surface area contributed by atoms with Gasteiger partial charge in [0.05, 0.1) is 0 Å². The van der Waals surface area contributed by atoms with E-state index in [1.165, 1.54) is 50.8 Å². The predicted molar refractivity (Wildman–Crippen MR) is 84.7 cm³/mol. The van der Waals surface area contributed by atoms with Crippen molar-refractivity contribution in [2.75, 3.05) is 13.1 Å². The largest absolute Gasteiger partial charge is 0.309 e. The van der Waals surface area contributed by atoms with Gasteiger partial charge in [0.15, 0.2) is 0 Å². The van der Waals surface area contributed by atoms with E-state index in [4.69, 9.17) is 0 Å². The minimum absolute atomic E-state index is 0.666. The maximum atomic E-state index is 3.78. The number of benzene rings is 1. The van der Waals surface area contributed by atoms with Crippen LogP contribution in [0.15, 0.2) is 30.3 Å². The van der Waals surface area contributed by atoms with Crippen molar-refractivity contribution in [1.82, 2.24) is 10.2 Å². The molecule has 1 N–H and O–H groups in total. The quantitative estimate of drug-likeness (QED) is 0.903.